The predicted octanol–water partition coefficient (Wildman–Crippen LogP) is 2.84. The molecule has 4 heteroatoms. The maximum Gasteiger partial charge on any atom is 0.0697 e. The van der Waals surface area contributed by atoms with Gasteiger partial charge < -0.3 is 5.32 Å². The number of hydrogen-bond acceptors (Lipinski definition) is 4. The van der Waals surface area contributed by atoms with Crippen molar-refractivity contribution in [2.75, 3.05) is 26.2 Å². The molecule has 1 atom stereocenters. The Balaban J connectivity index is 1.94. The fraction of sp³-hybridized carbons (Fsp3) is 0.438. The molecule has 3 nitrogen and oxygen atoms in total. The maximum atomic E-state index is 4.16. The number of aryl methyl sites for hydroxylation is 1. The second-order valence-electron chi connectivity index (χ2n) is 5.35. The molecule has 106 valence electrons. The zero-order valence-electron chi connectivity index (χ0n) is 11.9. The summed E-state index contributed by atoms with van der Waals surface area (Å²) in [6.45, 7) is 6.63. The summed E-state index contributed by atoms with van der Waals surface area (Å²) in [6.07, 6.45) is 5.02. The van der Waals surface area contributed by atoms with Gasteiger partial charge in [0.15, 0.2) is 0 Å². The van der Waals surface area contributed by atoms with E-state index in [1.165, 1.54) is 22.4 Å². The van der Waals surface area contributed by atoms with Gasteiger partial charge >= 0.3 is 0 Å². The van der Waals surface area contributed by atoms with Crippen LogP contribution in [0.4, 0.5) is 0 Å². The Bertz CT molecular complexity index is 530. The third kappa shape index (κ3) is 3.08. The van der Waals surface area contributed by atoms with Gasteiger partial charge in [0.05, 0.1) is 6.04 Å². The molecule has 3 heterocycles. The number of thiophene rings is 1. The number of hydrogen-bond donors (Lipinski definition) is 1. The van der Waals surface area contributed by atoms with Gasteiger partial charge in [0.25, 0.3) is 0 Å². The van der Waals surface area contributed by atoms with Crippen LogP contribution in [-0.2, 0) is 0 Å². The number of nitrogens with one attached hydrogen (secondary N) is 1. The fourth-order valence-electron chi connectivity index (χ4n) is 2.82. The molecule has 0 spiro atoms. The van der Waals surface area contributed by atoms with E-state index in [-0.39, 0.29) is 0 Å². The Morgan fingerprint density at radius 1 is 1.25 bits per heavy atom. The van der Waals surface area contributed by atoms with Crippen LogP contribution in [0.1, 0.15) is 28.5 Å². The van der Waals surface area contributed by atoms with E-state index in [4.69, 9.17) is 0 Å². The van der Waals surface area contributed by atoms with Crippen LogP contribution in [0.2, 0.25) is 0 Å². The number of nitrogens with zero attached hydrogens (tertiary/aromatic N) is 2. The average Bonchev–Trinajstić information content (AvgIpc) is 2.74. The molecule has 2 aromatic heterocycles. The van der Waals surface area contributed by atoms with Gasteiger partial charge in [-0.2, -0.15) is 0 Å². The molecule has 1 aliphatic rings. The van der Waals surface area contributed by atoms with Gasteiger partial charge in [-0.25, -0.2) is 0 Å². The van der Waals surface area contributed by atoms with Crippen LogP contribution in [0, 0.1) is 6.92 Å². The van der Waals surface area contributed by atoms with Crippen molar-refractivity contribution in [3.05, 3.63) is 52.0 Å². The van der Waals surface area contributed by atoms with Crippen LogP contribution in [0.25, 0.3) is 0 Å². The predicted molar refractivity (Wildman–Crippen MR) is 84.2 cm³/mol. The summed E-state index contributed by atoms with van der Waals surface area (Å²) in [5, 5.41) is 5.74. The van der Waals surface area contributed by atoms with Gasteiger partial charge in [0.1, 0.15) is 0 Å². The van der Waals surface area contributed by atoms with Crippen LogP contribution in [0.5, 0.6) is 0 Å². The van der Waals surface area contributed by atoms with Gasteiger partial charge in [-0.05, 0) is 54.6 Å². The highest BCUT2D eigenvalue weighted by Crippen LogP contribution is 2.32. The van der Waals surface area contributed by atoms with Gasteiger partial charge in [-0.15, -0.1) is 11.3 Å². The lowest BCUT2D eigenvalue weighted by molar-refractivity contribution is 0.244. The minimum atomic E-state index is 0.372. The lowest BCUT2D eigenvalue weighted by Gasteiger charge is -2.30. The second kappa shape index (κ2) is 6.48. The van der Waals surface area contributed by atoms with Crippen molar-refractivity contribution in [2.24, 2.45) is 0 Å². The SMILES string of the molecule is Cc1csc(C(c2ccncc2)N2CCCNCC2)c1. The van der Waals surface area contributed by atoms with E-state index in [0.717, 1.165) is 26.2 Å². The molecule has 0 amide bonds. The lowest BCUT2D eigenvalue weighted by atomic mass is 10.0. The molecular formula is C16H21N3S. The van der Waals surface area contributed by atoms with E-state index in [9.17, 15) is 0 Å². The highest BCUT2D eigenvalue weighted by atomic mass is 32.1. The summed E-state index contributed by atoms with van der Waals surface area (Å²) >= 11 is 1.87. The van der Waals surface area contributed by atoms with Crippen molar-refractivity contribution in [1.29, 1.82) is 0 Å². The molecule has 20 heavy (non-hydrogen) atoms. The third-order valence-corrected chi connectivity index (χ3v) is 4.88. The van der Waals surface area contributed by atoms with Crippen molar-refractivity contribution in [2.45, 2.75) is 19.4 Å². The van der Waals surface area contributed by atoms with Crippen molar-refractivity contribution in [3.8, 4) is 0 Å². The highest BCUT2D eigenvalue weighted by Gasteiger charge is 2.24. The van der Waals surface area contributed by atoms with Crippen LogP contribution in [0.15, 0.2) is 36.0 Å². The minimum Gasteiger partial charge on any atom is -0.315 e. The van der Waals surface area contributed by atoms with E-state index in [1.54, 1.807) is 0 Å². The van der Waals surface area contributed by atoms with Crippen LogP contribution >= 0.6 is 11.3 Å². The molecule has 1 N–H and O–H groups in total. The van der Waals surface area contributed by atoms with Crippen LogP contribution < -0.4 is 5.32 Å². The minimum absolute atomic E-state index is 0.372. The van der Waals surface area contributed by atoms with Gasteiger partial charge in [-0.1, -0.05) is 0 Å². The fourth-order valence-corrected chi connectivity index (χ4v) is 3.88. The monoisotopic (exact) mass is 287 g/mol. The highest BCUT2D eigenvalue weighted by molar-refractivity contribution is 7.10. The van der Waals surface area contributed by atoms with E-state index in [0.29, 0.717) is 6.04 Å². The summed E-state index contributed by atoms with van der Waals surface area (Å²) < 4.78 is 0. The van der Waals surface area contributed by atoms with Gasteiger partial charge in [0.2, 0.25) is 0 Å². The summed E-state index contributed by atoms with van der Waals surface area (Å²) in [5.41, 5.74) is 2.71. The first-order valence-corrected chi connectivity index (χ1v) is 8.12. The lowest BCUT2D eigenvalue weighted by Crippen LogP contribution is -2.32. The molecular weight excluding hydrogens is 266 g/mol. The first-order chi connectivity index (χ1) is 9.84. The number of rotatable bonds is 3. The van der Waals surface area contributed by atoms with E-state index < -0.39 is 0 Å². The largest absolute Gasteiger partial charge is 0.315 e. The average molecular weight is 287 g/mol. The first-order valence-electron chi connectivity index (χ1n) is 7.24. The van der Waals surface area contributed by atoms with E-state index >= 15 is 0 Å². The van der Waals surface area contributed by atoms with Crippen molar-refractivity contribution < 1.29 is 0 Å². The molecule has 0 aliphatic carbocycles. The summed E-state index contributed by atoms with van der Waals surface area (Å²) in [6, 6.07) is 7.00. The zero-order chi connectivity index (χ0) is 13.8. The van der Waals surface area contributed by atoms with E-state index in [2.05, 4.69) is 45.7 Å². The summed E-state index contributed by atoms with van der Waals surface area (Å²) in [7, 11) is 0. The molecule has 0 saturated carbocycles. The Labute approximate surface area is 124 Å². The molecule has 0 aromatic carbocycles. The maximum absolute atomic E-state index is 4.16. The number of aromatic nitrogens is 1. The van der Waals surface area contributed by atoms with Gasteiger partial charge in [0, 0.05) is 36.9 Å². The van der Waals surface area contributed by atoms with E-state index in [1.807, 2.05) is 23.7 Å². The Morgan fingerprint density at radius 2 is 2.10 bits per heavy atom. The van der Waals surface area contributed by atoms with Crippen LogP contribution in [0.3, 0.4) is 0 Å². The number of pyridine rings is 1. The summed E-state index contributed by atoms with van der Waals surface area (Å²) in [4.78, 5) is 8.20. The Morgan fingerprint density at radius 3 is 2.85 bits per heavy atom. The van der Waals surface area contributed by atoms with Crippen molar-refractivity contribution >= 4 is 11.3 Å². The smallest absolute Gasteiger partial charge is 0.0697 e. The van der Waals surface area contributed by atoms with Crippen LogP contribution in [-0.4, -0.2) is 36.1 Å². The van der Waals surface area contributed by atoms with Crippen molar-refractivity contribution in [1.82, 2.24) is 15.2 Å². The normalized spacial score (nSPS) is 18.6. The molecule has 1 fully saturated rings. The van der Waals surface area contributed by atoms with Crippen molar-refractivity contribution in [3.63, 3.8) is 0 Å². The Hall–Kier alpha value is -1.23. The second-order valence-corrected chi connectivity index (χ2v) is 6.29. The molecule has 1 saturated heterocycles. The zero-order valence-corrected chi connectivity index (χ0v) is 12.7. The molecule has 0 bridgehead atoms. The molecule has 0 radical (unpaired) electrons. The quantitative estimate of drug-likeness (QED) is 0.941. The molecule has 1 aliphatic heterocycles. The summed E-state index contributed by atoms with van der Waals surface area (Å²) in [5.74, 6) is 0. The van der Waals surface area contributed by atoms with Gasteiger partial charge in [-0.3, -0.25) is 9.88 Å². The Kier molecular flexibility index (Phi) is 4.45. The molecule has 3 rings (SSSR count). The standard InChI is InChI=1S/C16H21N3S/c1-13-11-15(20-12-13)16(14-3-6-18-7-4-14)19-9-2-5-17-8-10-19/h3-4,6-7,11-12,16-17H,2,5,8-10H2,1H3. The topological polar surface area (TPSA) is 28.2 Å². The first kappa shape index (κ1) is 13.7. The third-order valence-electron chi connectivity index (χ3n) is 3.78. The molecule has 2 aromatic rings. The molecule has 1 unspecified atom stereocenters.